The predicted octanol–water partition coefficient (Wildman–Crippen LogP) is 6.63. The summed E-state index contributed by atoms with van der Waals surface area (Å²) in [6.45, 7) is 5.89. The van der Waals surface area contributed by atoms with Gasteiger partial charge in [0.2, 0.25) is 5.91 Å². The van der Waals surface area contributed by atoms with Crippen molar-refractivity contribution >= 4 is 35.2 Å². The van der Waals surface area contributed by atoms with Crippen LogP contribution in [0.2, 0.25) is 10.0 Å². The van der Waals surface area contributed by atoms with E-state index in [4.69, 9.17) is 32.7 Å². The largest absolute Gasteiger partial charge is 0.436 e. The van der Waals surface area contributed by atoms with E-state index in [0.717, 1.165) is 27.8 Å². The summed E-state index contributed by atoms with van der Waals surface area (Å²) in [5, 5.41) is 3.71. The van der Waals surface area contributed by atoms with Crippen LogP contribution >= 0.6 is 23.2 Å². The molecule has 1 unspecified atom stereocenters. The van der Waals surface area contributed by atoms with Gasteiger partial charge in [-0.25, -0.2) is 4.79 Å². The molecule has 37 heavy (non-hydrogen) atoms. The average Bonchev–Trinajstić information content (AvgIpc) is 3.17. The molecule has 1 N–H and O–H groups in total. The van der Waals surface area contributed by atoms with Gasteiger partial charge in [0, 0.05) is 24.7 Å². The van der Waals surface area contributed by atoms with E-state index in [0.29, 0.717) is 10.0 Å². The fraction of sp³-hybridized carbons (Fsp3) is 0.310. The predicted molar refractivity (Wildman–Crippen MR) is 146 cm³/mol. The number of hydrogen-bond donors (Lipinski definition) is 1. The number of nitrogens with one attached hydrogen (secondary N) is 1. The summed E-state index contributed by atoms with van der Waals surface area (Å²) in [5.41, 5.74) is 4.17. The van der Waals surface area contributed by atoms with Crippen LogP contribution in [0.5, 0.6) is 0 Å². The lowest BCUT2D eigenvalue weighted by atomic mass is 10.1. The van der Waals surface area contributed by atoms with Gasteiger partial charge >= 0.3 is 6.09 Å². The highest BCUT2D eigenvalue weighted by molar-refractivity contribution is 6.42. The number of rotatable bonds is 7. The molecule has 0 heterocycles. The summed E-state index contributed by atoms with van der Waals surface area (Å²) < 4.78 is 11.9. The number of likely N-dealkylation sites (N-methyl/N-ethyl adjacent to an activating group) is 1. The maximum absolute atomic E-state index is 13.4. The average molecular weight is 541 g/mol. The van der Waals surface area contributed by atoms with Crippen molar-refractivity contribution < 1.29 is 19.1 Å². The van der Waals surface area contributed by atoms with E-state index >= 15 is 0 Å². The van der Waals surface area contributed by atoms with Gasteiger partial charge in [-0.2, -0.15) is 0 Å². The Bertz CT molecular complexity index is 1260. The zero-order valence-electron chi connectivity index (χ0n) is 21.3. The maximum Gasteiger partial charge on any atom is 0.411 e. The van der Waals surface area contributed by atoms with Gasteiger partial charge in [0.25, 0.3) is 0 Å². The first-order valence-corrected chi connectivity index (χ1v) is 12.8. The number of halogens is 2. The molecule has 3 aromatic rings. The number of amides is 2. The van der Waals surface area contributed by atoms with Gasteiger partial charge in [0.05, 0.1) is 22.3 Å². The molecule has 0 radical (unpaired) electrons. The number of carbonyl (C=O) groups excluding carboxylic acids is 2. The van der Waals surface area contributed by atoms with Crippen LogP contribution in [0.3, 0.4) is 0 Å². The van der Waals surface area contributed by atoms with Crippen LogP contribution in [-0.2, 0) is 20.8 Å². The van der Waals surface area contributed by atoms with Crippen molar-refractivity contribution in [2.45, 2.75) is 45.1 Å². The Balaban J connectivity index is 1.51. The molecular weight excluding hydrogens is 511 g/mol. The summed E-state index contributed by atoms with van der Waals surface area (Å²) in [6, 6.07) is 19.9. The van der Waals surface area contributed by atoms with Gasteiger partial charge in [-0.15, -0.1) is 0 Å². The molecule has 6 nitrogen and oxygen atoms in total. The Kier molecular flexibility index (Phi) is 8.12. The normalized spacial score (nSPS) is 13.5. The smallest absolute Gasteiger partial charge is 0.411 e. The van der Waals surface area contributed by atoms with Crippen LogP contribution in [0.1, 0.15) is 43.6 Å². The summed E-state index contributed by atoms with van der Waals surface area (Å²) in [5.74, 6) is -0.373. The van der Waals surface area contributed by atoms with Crippen LogP contribution in [0.25, 0.3) is 11.1 Å². The lowest BCUT2D eigenvalue weighted by Gasteiger charge is -2.30. The third kappa shape index (κ3) is 6.27. The highest BCUT2D eigenvalue weighted by atomic mass is 35.5. The van der Waals surface area contributed by atoms with Crippen molar-refractivity contribution in [2.24, 2.45) is 0 Å². The third-order valence-electron chi connectivity index (χ3n) is 6.18. The molecule has 2 amide bonds. The topological polar surface area (TPSA) is 67.9 Å². The molecule has 0 saturated carbocycles. The van der Waals surface area contributed by atoms with Crippen LogP contribution in [-0.4, -0.2) is 42.2 Å². The Labute approximate surface area is 227 Å². The van der Waals surface area contributed by atoms with E-state index in [-0.39, 0.29) is 19.1 Å². The number of carbonyl (C=O) groups is 2. The number of benzene rings is 3. The van der Waals surface area contributed by atoms with Crippen LogP contribution < -0.4 is 5.32 Å². The minimum atomic E-state index is -0.915. The van der Waals surface area contributed by atoms with E-state index in [1.807, 2.05) is 69.3 Å². The lowest BCUT2D eigenvalue weighted by molar-refractivity contribution is -0.130. The second-order valence-corrected chi connectivity index (χ2v) is 10.8. The molecule has 194 valence electrons. The molecular formula is C29H30Cl2N2O4. The number of fused-ring (bicyclic) bond motifs is 3. The van der Waals surface area contributed by atoms with Crippen LogP contribution in [0.4, 0.5) is 4.79 Å². The third-order valence-corrected chi connectivity index (χ3v) is 6.92. The number of hydrogen-bond acceptors (Lipinski definition) is 4. The van der Waals surface area contributed by atoms with Crippen molar-refractivity contribution in [3.8, 4) is 11.1 Å². The molecule has 1 aliphatic carbocycles. The molecule has 8 heteroatoms. The fourth-order valence-corrected chi connectivity index (χ4v) is 4.52. The Hall–Kier alpha value is -3.06. The van der Waals surface area contributed by atoms with Gasteiger partial charge in [-0.1, -0.05) is 77.8 Å². The first kappa shape index (κ1) is 27.0. The molecule has 0 bridgehead atoms. The van der Waals surface area contributed by atoms with Gasteiger partial charge in [-0.05, 0) is 49.6 Å². The number of nitrogens with zero attached hydrogens (tertiary/aromatic N) is 1. The maximum atomic E-state index is 13.4. The Morgan fingerprint density at radius 1 is 0.946 bits per heavy atom. The molecule has 0 saturated heterocycles. The molecule has 1 atom stereocenters. The molecule has 0 aromatic heterocycles. The summed E-state index contributed by atoms with van der Waals surface area (Å²) >= 11 is 12.1. The Morgan fingerprint density at radius 2 is 1.54 bits per heavy atom. The molecule has 0 spiro atoms. The van der Waals surface area contributed by atoms with E-state index < -0.39 is 23.8 Å². The molecule has 0 fully saturated rings. The molecule has 3 aromatic carbocycles. The summed E-state index contributed by atoms with van der Waals surface area (Å²) in [6.07, 6.45) is -1.19. The van der Waals surface area contributed by atoms with Gasteiger partial charge in [0.1, 0.15) is 6.04 Å². The minimum Gasteiger partial charge on any atom is -0.436 e. The van der Waals surface area contributed by atoms with Crippen molar-refractivity contribution in [3.63, 3.8) is 0 Å². The lowest BCUT2D eigenvalue weighted by Crippen LogP contribution is -2.51. The zero-order chi connectivity index (χ0) is 26.7. The minimum absolute atomic E-state index is 0.000147. The first-order chi connectivity index (χ1) is 17.5. The molecule has 1 aliphatic rings. The zero-order valence-corrected chi connectivity index (χ0v) is 22.8. The monoisotopic (exact) mass is 540 g/mol. The van der Waals surface area contributed by atoms with Gasteiger partial charge < -0.3 is 14.8 Å². The van der Waals surface area contributed by atoms with E-state index in [9.17, 15) is 9.59 Å². The SMILES string of the molecule is CN(C(=O)OC1c2ccccc2-c2ccccc21)C(COC(C)(C)C)C(=O)NCc1ccc(Cl)c(Cl)c1. The Morgan fingerprint density at radius 3 is 2.11 bits per heavy atom. The van der Waals surface area contributed by atoms with Crippen molar-refractivity contribution in [1.29, 1.82) is 0 Å². The fourth-order valence-electron chi connectivity index (χ4n) is 4.20. The van der Waals surface area contributed by atoms with Gasteiger partial charge in [-0.3, -0.25) is 9.69 Å². The first-order valence-electron chi connectivity index (χ1n) is 12.0. The van der Waals surface area contributed by atoms with Crippen molar-refractivity contribution in [2.75, 3.05) is 13.7 Å². The summed E-state index contributed by atoms with van der Waals surface area (Å²) in [7, 11) is 1.55. The van der Waals surface area contributed by atoms with Crippen molar-refractivity contribution in [3.05, 3.63) is 93.5 Å². The number of ether oxygens (including phenoxy) is 2. The van der Waals surface area contributed by atoms with Gasteiger partial charge in [0.15, 0.2) is 6.10 Å². The quantitative estimate of drug-likeness (QED) is 0.365. The van der Waals surface area contributed by atoms with Crippen LogP contribution in [0.15, 0.2) is 66.7 Å². The highest BCUT2D eigenvalue weighted by Crippen LogP contribution is 2.45. The molecule has 4 rings (SSSR count). The second-order valence-electron chi connectivity index (χ2n) is 9.95. The van der Waals surface area contributed by atoms with Crippen LogP contribution in [0, 0.1) is 0 Å². The second kappa shape index (κ2) is 11.1. The van der Waals surface area contributed by atoms with E-state index in [1.54, 1.807) is 25.2 Å². The standard InChI is InChI=1S/C29H30Cl2N2O4/c1-29(2,3)36-17-25(27(34)32-16-18-13-14-23(30)24(31)15-18)33(4)28(35)37-26-21-11-7-5-9-19(21)20-10-6-8-12-22(20)26/h5-15,25-26H,16-17H2,1-4H3,(H,32,34). The van der Waals surface area contributed by atoms with E-state index in [2.05, 4.69) is 5.32 Å². The summed E-state index contributed by atoms with van der Waals surface area (Å²) in [4.78, 5) is 27.9. The molecule has 0 aliphatic heterocycles. The van der Waals surface area contributed by atoms with E-state index in [1.165, 1.54) is 4.90 Å². The highest BCUT2D eigenvalue weighted by Gasteiger charge is 2.35. The van der Waals surface area contributed by atoms with Crippen molar-refractivity contribution in [1.82, 2.24) is 10.2 Å².